The van der Waals surface area contributed by atoms with Gasteiger partial charge in [-0.05, 0) is 67.1 Å². The highest BCUT2D eigenvalue weighted by atomic mass is 16.3. The third-order valence-corrected chi connectivity index (χ3v) is 5.04. The number of nitriles is 1. The van der Waals surface area contributed by atoms with E-state index in [9.17, 15) is 20.0 Å². The van der Waals surface area contributed by atoms with Crippen LogP contribution in [0.1, 0.15) is 30.0 Å². The number of hydrogen-bond acceptors (Lipinski definition) is 4. The van der Waals surface area contributed by atoms with Crippen molar-refractivity contribution in [2.45, 2.75) is 38.6 Å². The molecule has 1 atom stereocenters. The molecule has 0 saturated carbocycles. The third kappa shape index (κ3) is 5.05. The fourth-order valence-corrected chi connectivity index (χ4v) is 3.51. The summed E-state index contributed by atoms with van der Waals surface area (Å²) < 4.78 is 0. The number of aromatic hydroxyl groups is 1. The Kier molecular flexibility index (Phi) is 6.35. The molecule has 2 aromatic carbocycles. The number of hydrogen-bond donors (Lipinski definition) is 3. The molecule has 0 aliphatic heterocycles. The molecule has 3 N–H and O–H groups in total. The normalized spacial score (nSPS) is 13.1. The van der Waals surface area contributed by atoms with Gasteiger partial charge in [0.15, 0.2) is 6.19 Å². The number of urea groups is 1. The van der Waals surface area contributed by atoms with Crippen LogP contribution in [0.3, 0.4) is 0 Å². The molecule has 150 valence electrons. The zero-order valence-electron chi connectivity index (χ0n) is 16.3. The van der Waals surface area contributed by atoms with Crippen molar-refractivity contribution in [3.05, 3.63) is 59.2 Å². The first-order chi connectivity index (χ1) is 14.0. The Morgan fingerprint density at radius 1 is 1.17 bits per heavy atom. The summed E-state index contributed by atoms with van der Waals surface area (Å²) in [5.74, 6) is -0.363. The lowest BCUT2D eigenvalue weighted by Crippen LogP contribution is -2.49. The van der Waals surface area contributed by atoms with E-state index in [1.165, 1.54) is 23.3 Å². The minimum Gasteiger partial charge on any atom is -0.508 e. The van der Waals surface area contributed by atoms with Crippen molar-refractivity contribution in [3.8, 4) is 11.9 Å². The smallest absolute Gasteiger partial charge is 0.319 e. The van der Waals surface area contributed by atoms with Gasteiger partial charge in [-0.3, -0.25) is 4.79 Å². The van der Waals surface area contributed by atoms with Gasteiger partial charge in [0.2, 0.25) is 0 Å². The van der Waals surface area contributed by atoms with E-state index in [-0.39, 0.29) is 18.7 Å². The second kappa shape index (κ2) is 9.11. The standard InChI is InChI=1S/C22H24N4O3/c1-2-26(14-23)21(28)20(12-15-6-10-19(27)11-7-15)25-22(29)24-18-9-8-16-4-3-5-17(16)13-18/h6-11,13,20,27H,2-5,12H2,1H3,(H2,24,25,29). The van der Waals surface area contributed by atoms with Gasteiger partial charge in [0.05, 0.1) is 0 Å². The molecule has 0 bridgehead atoms. The Bertz CT molecular complexity index is 934. The maximum Gasteiger partial charge on any atom is 0.319 e. The summed E-state index contributed by atoms with van der Waals surface area (Å²) in [7, 11) is 0. The SMILES string of the molecule is CCN(C#N)C(=O)C(Cc1ccc(O)cc1)NC(=O)Nc1ccc2c(c1)CCC2. The highest BCUT2D eigenvalue weighted by Gasteiger charge is 2.26. The van der Waals surface area contributed by atoms with Crippen LogP contribution in [0.15, 0.2) is 42.5 Å². The molecule has 0 aromatic heterocycles. The molecule has 7 nitrogen and oxygen atoms in total. The average molecular weight is 392 g/mol. The lowest BCUT2D eigenvalue weighted by molar-refractivity contribution is -0.129. The highest BCUT2D eigenvalue weighted by molar-refractivity contribution is 5.94. The maximum absolute atomic E-state index is 12.7. The molecule has 0 heterocycles. The van der Waals surface area contributed by atoms with Crippen molar-refractivity contribution in [2.75, 3.05) is 11.9 Å². The molecule has 3 rings (SSSR count). The quantitative estimate of drug-likeness (QED) is 0.519. The minimum absolute atomic E-state index is 0.117. The van der Waals surface area contributed by atoms with Crippen LogP contribution < -0.4 is 10.6 Å². The Balaban J connectivity index is 1.72. The van der Waals surface area contributed by atoms with Gasteiger partial charge in [0, 0.05) is 18.7 Å². The summed E-state index contributed by atoms with van der Waals surface area (Å²) in [4.78, 5) is 26.3. The zero-order chi connectivity index (χ0) is 20.8. The number of phenols is 1. The number of anilines is 1. The number of carbonyl (C=O) groups is 2. The van der Waals surface area contributed by atoms with E-state index in [2.05, 4.69) is 10.6 Å². The molecule has 0 fully saturated rings. The molecule has 2 aromatic rings. The van der Waals surface area contributed by atoms with E-state index in [0.717, 1.165) is 29.7 Å². The minimum atomic E-state index is -0.909. The van der Waals surface area contributed by atoms with E-state index in [1.54, 1.807) is 19.1 Å². The molecule has 0 radical (unpaired) electrons. The van der Waals surface area contributed by atoms with Gasteiger partial charge in [-0.15, -0.1) is 0 Å². The number of likely N-dealkylation sites (N-methyl/N-ethyl adjacent to an activating group) is 1. The number of phenolic OH excluding ortho intramolecular Hbond substituents is 1. The van der Waals surface area contributed by atoms with Crippen molar-refractivity contribution >= 4 is 17.6 Å². The number of nitrogens with one attached hydrogen (secondary N) is 2. The van der Waals surface area contributed by atoms with E-state index in [1.807, 2.05) is 24.4 Å². The van der Waals surface area contributed by atoms with Crippen LogP contribution in [-0.2, 0) is 24.1 Å². The van der Waals surface area contributed by atoms with Crippen LogP contribution in [0.5, 0.6) is 5.75 Å². The van der Waals surface area contributed by atoms with Gasteiger partial charge in [-0.1, -0.05) is 18.2 Å². The van der Waals surface area contributed by atoms with Crippen molar-refractivity contribution in [3.63, 3.8) is 0 Å². The number of carbonyl (C=O) groups excluding carboxylic acids is 2. The molecule has 1 aliphatic rings. The number of aryl methyl sites for hydroxylation is 2. The Morgan fingerprint density at radius 2 is 1.90 bits per heavy atom. The molecule has 1 unspecified atom stereocenters. The van der Waals surface area contributed by atoms with Gasteiger partial charge in [0.1, 0.15) is 11.8 Å². The molecular formula is C22H24N4O3. The molecular weight excluding hydrogens is 368 g/mol. The topological polar surface area (TPSA) is 105 Å². The van der Waals surface area contributed by atoms with Gasteiger partial charge in [-0.25, -0.2) is 9.69 Å². The summed E-state index contributed by atoms with van der Waals surface area (Å²) in [6.45, 7) is 1.92. The zero-order valence-corrected chi connectivity index (χ0v) is 16.3. The first-order valence-corrected chi connectivity index (χ1v) is 9.68. The summed E-state index contributed by atoms with van der Waals surface area (Å²) in [6.07, 6.45) is 5.24. The molecule has 3 amide bonds. The van der Waals surface area contributed by atoms with E-state index in [4.69, 9.17) is 0 Å². The Morgan fingerprint density at radius 3 is 2.59 bits per heavy atom. The van der Waals surface area contributed by atoms with Gasteiger partial charge < -0.3 is 15.7 Å². The monoisotopic (exact) mass is 392 g/mol. The van der Waals surface area contributed by atoms with Crippen LogP contribution in [-0.4, -0.2) is 34.5 Å². The molecule has 0 saturated heterocycles. The third-order valence-electron chi connectivity index (χ3n) is 5.04. The second-order valence-electron chi connectivity index (χ2n) is 7.04. The number of nitrogens with zero attached hydrogens (tertiary/aromatic N) is 2. The molecule has 29 heavy (non-hydrogen) atoms. The Hall–Kier alpha value is -3.53. The maximum atomic E-state index is 12.7. The molecule has 1 aliphatic carbocycles. The summed E-state index contributed by atoms with van der Waals surface area (Å²) in [6, 6.07) is 10.8. The van der Waals surface area contributed by atoms with Crippen LogP contribution in [0, 0.1) is 11.5 Å². The summed E-state index contributed by atoms with van der Waals surface area (Å²) >= 11 is 0. The van der Waals surface area contributed by atoms with Crippen molar-refractivity contribution in [1.82, 2.24) is 10.2 Å². The van der Waals surface area contributed by atoms with Gasteiger partial charge >= 0.3 is 6.03 Å². The Labute approximate surface area is 170 Å². The van der Waals surface area contributed by atoms with E-state index < -0.39 is 18.0 Å². The predicted molar refractivity (Wildman–Crippen MR) is 109 cm³/mol. The predicted octanol–water partition coefficient (Wildman–Crippen LogP) is 2.94. The average Bonchev–Trinajstić information content (AvgIpc) is 3.17. The largest absolute Gasteiger partial charge is 0.508 e. The number of benzene rings is 2. The van der Waals surface area contributed by atoms with Crippen molar-refractivity contribution < 1.29 is 14.7 Å². The van der Waals surface area contributed by atoms with Gasteiger partial charge in [0.25, 0.3) is 5.91 Å². The summed E-state index contributed by atoms with van der Waals surface area (Å²) in [5, 5.41) is 24.1. The molecule has 7 heteroatoms. The van der Waals surface area contributed by atoms with Crippen LogP contribution in [0.25, 0.3) is 0 Å². The first-order valence-electron chi connectivity index (χ1n) is 9.68. The van der Waals surface area contributed by atoms with Crippen LogP contribution in [0.4, 0.5) is 10.5 Å². The van der Waals surface area contributed by atoms with Crippen molar-refractivity contribution in [2.24, 2.45) is 0 Å². The number of amides is 3. The van der Waals surface area contributed by atoms with Crippen LogP contribution >= 0.6 is 0 Å². The van der Waals surface area contributed by atoms with E-state index in [0.29, 0.717) is 5.69 Å². The molecule has 0 spiro atoms. The fourth-order valence-electron chi connectivity index (χ4n) is 3.51. The van der Waals surface area contributed by atoms with Gasteiger partial charge in [-0.2, -0.15) is 5.26 Å². The van der Waals surface area contributed by atoms with Crippen LogP contribution in [0.2, 0.25) is 0 Å². The summed E-state index contributed by atoms with van der Waals surface area (Å²) in [5.41, 5.74) is 3.98. The lowest BCUT2D eigenvalue weighted by atomic mass is 10.0. The fraction of sp³-hybridized carbons (Fsp3) is 0.318. The number of fused-ring (bicyclic) bond motifs is 1. The highest BCUT2D eigenvalue weighted by Crippen LogP contribution is 2.24. The van der Waals surface area contributed by atoms with E-state index >= 15 is 0 Å². The van der Waals surface area contributed by atoms with Crippen molar-refractivity contribution in [1.29, 1.82) is 5.26 Å². The first kappa shape index (κ1) is 20.2. The lowest BCUT2D eigenvalue weighted by Gasteiger charge is -2.22. The number of rotatable bonds is 6. The second-order valence-corrected chi connectivity index (χ2v) is 7.04.